The van der Waals surface area contributed by atoms with Gasteiger partial charge in [-0.25, -0.2) is 4.79 Å². The number of ether oxygens (including phenoxy) is 1. The lowest BCUT2D eigenvalue weighted by atomic mass is 9.44. The van der Waals surface area contributed by atoms with Crippen molar-refractivity contribution in [2.75, 3.05) is 0 Å². The van der Waals surface area contributed by atoms with Crippen molar-refractivity contribution >= 4 is 28.6 Å². The Bertz CT molecular complexity index is 1000. The fraction of sp³-hybridized carbons (Fsp3) is 0.806. The van der Waals surface area contributed by atoms with Gasteiger partial charge in [-0.1, -0.05) is 60.5 Å². The van der Waals surface area contributed by atoms with Gasteiger partial charge in [-0.2, -0.15) is 0 Å². The summed E-state index contributed by atoms with van der Waals surface area (Å²) in [7, 11) is 0. The van der Waals surface area contributed by atoms with Crippen molar-refractivity contribution in [3.8, 4) is 0 Å². The third-order valence-corrected chi connectivity index (χ3v) is 13.8. The van der Waals surface area contributed by atoms with E-state index in [0.29, 0.717) is 22.3 Å². The second kappa shape index (κ2) is 12.0. The van der Waals surface area contributed by atoms with Crippen LogP contribution in [0.2, 0.25) is 0 Å². The van der Waals surface area contributed by atoms with Gasteiger partial charge in [-0.15, -0.1) is 0 Å². The fourth-order valence-corrected chi connectivity index (χ4v) is 11.4. The Hall–Kier alpha value is -0.580. The van der Waals surface area contributed by atoms with Crippen molar-refractivity contribution < 1.29 is 9.53 Å². The minimum Gasteiger partial charge on any atom is -0.459 e. The summed E-state index contributed by atoms with van der Waals surface area (Å²) >= 11 is 2.27. The SMILES string of the molecule is CC[C@H](CC[C@@H](C)[C@H]1CC[C@H]2[C@@H]3CC[C@H]4C[C@H](OC(=O)c5cccc(I)c5)CC[C@]4(C)[C@H]3CC[C@]12C)C(C)C. The number of benzene rings is 1. The normalized spacial score (nSPS) is 39.4. The van der Waals surface area contributed by atoms with E-state index in [9.17, 15) is 4.79 Å². The van der Waals surface area contributed by atoms with E-state index in [1.165, 1.54) is 64.2 Å². The van der Waals surface area contributed by atoms with Gasteiger partial charge in [0, 0.05) is 3.57 Å². The molecular weight excluding hydrogens is 591 g/mol. The molecular formula is C36H55IO2. The van der Waals surface area contributed by atoms with E-state index in [1.54, 1.807) is 0 Å². The van der Waals surface area contributed by atoms with E-state index < -0.39 is 0 Å². The fourth-order valence-electron chi connectivity index (χ4n) is 10.8. The zero-order valence-electron chi connectivity index (χ0n) is 25.7. The molecule has 0 saturated heterocycles. The molecule has 1 aromatic carbocycles. The van der Waals surface area contributed by atoms with E-state index in [2.05, 4.69) is 64.1 Å². The van der Waals surface area contributed by atoms with Crippen molar-refractivity contribution in [2.24, 2.45) is 58.2 Å². The summed E-state index contributed by atoms with van der Waals surface area (Å²) in [6, 6.07) is 7.82. The first kappa shape index (κ1) is 29.9. The molecule has 0 radical (unpaired) electrons. The van der Waals surface area contributed by atoms with Crippen molar-refractivity contribution in [1.29, 1.82) is 0 Å². The highest BCUT2D eigenvalue weighted by Gasteiger charge is 2.60. The minimum absolute atomic E-state index is 0.0911. The van der Waals surface area contributed by atoms with E-state index in [1.807, 2.05) is 24.3 Å². The first-order valence-corrected chi connectivity index (χ1v) is 17.6. The molecule has 10 atom stereocenters. The van der Waals surface area contributed by atoms with Gasteiger partial charge in [0.15, 0.2) is 0 Å². The van der Waals surface area contributed by atoms with Crippen LogP contribution < -0.4 is 0 Å². The van der Waals surface area contributed by atoms with E-state index >= 15 is 0 Å². The zero-order valence-corrected chi connectivity index (χ0v) is 27.8. The molecule has 0 bridgehead atoms. The minimum atomic E-state index is -0.131. The highest BCUT2D eigenvalue weighted by atomic mass is 127. The lowest BCUT2D eigenvalue weighted by Gasteiger charge is -2.61. The Morgan fingerprint density at radius 2 is 1.72 bits per heavy atom. The second-order valence-electron chi connectivity index (χ2n) is 15.2. The predicted octanol–water partition coefficient (Wildman–Crippen LogP) is 10.6. The molecule has 0 aliphatic heterocycles. The van der Waals surface area contributed by atoms with E-state index in [-0.39, 0.29) is 12.1 Å². The summed E-state index contributed by atoms with van der Waals surface area (Å²) in [6.07, 6.45) is 16.2. The second-order valence-corrected chi connectivity index (χ2v) is 16.4. The van der Waals surface area contributed by atoms with Crippen molar-refractivity contribution in [2.45, 2.75) is 125 Å². The molecule has 39 heavy (non-hydrogen) atoms. The van der Waals surface area contributed by atoms with Crippen LogP contribution in [0, 0.1) is 61.7 Å². The molecule has 4 aliphatic carbocycles. The number of rotatable bonds is 8. The summed E-state index contributed by atoms with van der Waals surface area (Å²) in [5.74, 6) is 6.83. The number of halogens is 1. The monoisotopic (exact) mass is 646 g/mol. The lowest BCUT2D eigenvalue weighted by molar-refractivity contribution is -0.130. The van der Waals surface area contributed by atoms with Gasteiger partial charge < -0.3 is 4.74 Å². The van der Waals surface area contributed by atoms with Crippen LogP contribution >= 0.6 is 22.6 Å². The molecule has 218 valence electrons. The molecule has 3 heteroatoms. The van der Waals surface area contributed by atoms with Gasteiger partial charge in [-0.05, 0) is 163 Å². The first-order valence-electron chi connectivity index (χ1n) is 16.5. The lowest BCUT2D eigenvalue weighted by Crippen LogP contribution is -2.54. The van der Waals surface area contributed by atoms with Crippen LogP contribution in [0.4, 0.5) is 0 Å². The highest BCUT2D eigenvalue weighted by Crippen LogP contribution is 2.68. The Labute approximate surface area is 253 Å². The zero-order chi connectivity index (χ0) is 27.9. The molecule has 5 rings (SSSR count). The molecule has 0 heterocycles. The molecule has 4 saturated carbocycles. The number of hydrogen-bond acceptors (Lipinski definition) is 2. The molecule has 4 aliphatic rings. The highest BCUT2D eigenvalue weighted by molar-refractivity contribution is 14.1. The molecule has 0 N–H and O–H groups in total. The molecule has 4 fully saturated rings. The molecule has 0 spiro atoms. The third kappa shape index (κ3) is 5.74. The topological polar surface area (TPSA) is 26.3 Å². The Morgan fingerprint density at radius 3 is 2.44 bits per heavy atom. The third-order valence-electron chi connectivity index (χ3n) is 13.2. The average Bonchev–Trinajstić information content (AvgIpc) is 3.26. The van der Waals surface area contributed by atoms with Crippen molar-refractivity contribution in [1.82, 2.24) is 0 Å². The summed E-state index contributed by atoms with van der Waals surface area (Å²) in [4.78, 5) is 12.9. The van der Waals surface area contributed by atoms with Crippen LogP contribution in [0.15, 0.2) is 24.3 Å². The van der Waals surface area contributed by atoms with Gasteiger partial charge in [0.05, 0.1) is 5.56 Å². The van der Waals surface area contributed by atoms with Crippen molar-refractivity contribution in [3.05, 3.63) is 33.4 Å². The molecule has 2 nitrogen and oxygen atoms in total. The summed E-state index contributed by atoms with van der Waals surface area (Å²) in [6.45, 7) is 15.2. The predicted molar refractivity (Wildman–Crippen MR) is 171 cm³/mol. The quantitative estimate of drug-likeness (QED) is 0.208. The van der Waals surface area contributed by atoms with Crippen LogP contribution in [-0.2, 0) is 4.74 Å². The van der Waals surface area contributed by atoms with Gasteiger partial charge in [0.1, 0.15) is 6.10 Å². The maximum atomic E-state index is 12.9. The van der Waals surface area contributed by atoms with Crippen LogP contribution in [0.5, 0.6) is 0 Å². The Morgan fingerprint density at radius 1 is 0.974 bits per heavy atom. The van der Waals surface area contributed by atoms with Crippen LogP contribution in [0.3, 0.4) is 0 Å². The number of carbonyl (C=O) groups excluding carboxylic acids is 1. The van der Waals surface area contributed by atoms with Gasteiger partial charge in [-0.3, -0.25) is 0 Å². The first-order chi connectivity index (χ1) is 18.6. The Kier molecular flexibility index (Phi) is 9.17. The summed E-state index contributed by atoms with van der Waals surface area (Å²) in [5, 5.41) is 0. The summed E-state index contributed by atoms with van der Waals surface area (Å²) in [5.41, 5.74) is 1.69. The maximum Gasteiger partial charge on any atom is 0.338 e. The van der Waals surface area contributed by atoms with Gasteiger partial charge in [0.25, 0.3) is 0 Å². The summed E-state index contributed by atoms with van der Waals surface area (Å²) < 4.78 is 7.20. The molecule has 0 unspecified atom stereocenters. The molecule has 0 amide bonds. The number of esters is 1. The standard InChI is InChI=1S/C36H55IO2/c1-7-25(23(2)3)12-11-24(4)31-15-16-32-30-14-13-27-22-29(39-34(38)26-9-8-10-28(37)21-26)17-19-35(27,5)33(30)18-20-36(31,32)6/h8-10,21,23-25,27,29-33H,7,11-20,22H2,1-6H3/t24-,25-,27+,29-,30+,31-,32+,33+,35+,36-/m1/s1. The smallest absolute Gasteiger partial charge is 0.338 e. The maximum absolute atomic E-state index is 12.9. The van der Waals surface area contributed by atoms with Crippen molar-refractivity contribution in [3.63, 3.8) is 0 Å². The molecule has 1 aromatic rings. The number of carbonyl (C=O) groups is 1. The Balaban J connectivity index is 1.21. The van der Waals surface area contributed by atoms with E-state index in [0.717, 1.165) is 57.8 Å². The largest absolute Gasteiger partial charge is 0.459 e. The van der Waals surface area contributed by atoms with Crippen LogP contribution in [-0.4, -0.2) is 12.1 Å². The van der Waals surface area contributed by atoms with Gasteiger partial charge >= 0.3 is 5.97 Å². The average molecular weight is 647 g/mol. The van der Waals surface area contributed by atoms with Crippen LogP contribution in [0.1, 0.15) is 129 Å². The number of fused-ring (bicyclic) bond motifs is 5. The number of hydrogen-bond donors (Lipinski definition) is 0. The van der Waals surface area contributed by atoms with Gasteiger partial charge in [0.2, 0.25) is 0 Å². The van der Waals surface area contributed by atoms with Crippen LogP contribution in [0.25, 0.3) is 0 Å². The van der Waals surface area contributed by atoms with E-state index in [4.69, 9.17) is 4.74 Å². The molecule has 0 aromatic heterocycles.